The van der Waals surface area contributed by atoms with E-state index in [2.05, 4.69) is 0 Å². The number of carbonyl (C=O) groups is 2. The van der Waals surface area contributed by atoms with Crippen molar-refractivity contribution < 1.29 is 23.1 Å². The third-order valence-corrected chi connectivity index (χ3v) is 5.21. The van der Waals surface area contributed by atoms with E-state index in [4.69, 9.17) is 5.11 Å². The van der Waals surface area contributed by atoms with Crippen LogP contribution in [0.1, 0.15) is 32.6 Å². The molecule has 2 saturated carbocycles. The predicted octanol–water partition coefficient (Wildman–Crippen LogP) is 0.521. The van der Waals surface area contributed by atoms with E-state index in [9.17, 15) is 18.0 Å². The third-order valence-electron chi connectivity index (χ3n) is 4.12. The minimum absolute atomic E-state index is 0.0697. The van der Waals surface area contributed by atoms with Crippen LogP contribution in [0.4, 0.5) is 0 Å². The number of sulfone groups is 1. The van der Waals surface area contributed by atoms with Crippen molar-refractivity contribution in [2.45, 2.75) is 44.7 Å². The Kier molecular flexibility index (Phi) is 4.09. The number of hydrogen-bond acceptors (Lipinski definition) is 4. The fraction of sp³-hybridized carbons (Fsp3) is 0.846. The molecule has 0 aliphatic heterocycles. The Bertz CT molecular complexity index is 511. The van der Waals surface area contributed by atoms with Gasteiger partial charge in [0, 0.05) is 18.3 Å². The van der Waals surface area contributed by atoms with Crippen LogP contribution in [0.25, 0.3) is 0 Å². The second kappa shape index (κ2) is 5.35. The van der Waals surface area contributed by atoms with Crippen LogP contribution >= 0.6 is 0 Å². The molecule has 3 unspecified atom stereocenters. The molecule has 0 aromatic carbocycles. The molecule has 3 atom stereocenters. The molecule has 0 aromatic heterocycles. The maximum absolute atomic E-state index is 12.5. The highest BCUT2D eigenvalue weighted by Crippen LogP contribution is 2.39. The molecule has 20 heavy (non-hydrogen) atoms. The van der Waals surface area contributed by atoms with Gasteiger partial charge in [0.15, 0.2) is 0 Å². The maximum Gasteiger partial charge on any atom is 0.307 e. The van der Waals surface area contributed by atoms with Gasteiger partial charge < -0.3 is 10.0 Å². The highest BCUT2D eigenvalue weighted by molar-refractivity contribution is 7.90. The Balaban J connectivity index is 2.09. The molecular formula is C13H21NO5S. The Morgan fingerprint density at radius 3 is 2.10 bits per heavy atom. The summed E-state index contributed by atoms with van der Waals surface area (Å²) in [6, 6.07) is -0.297. The van der Waals surface area contributed by atoms with Crippen LogP contribution in [0.3, 0.4) is 0 Å². The Labute approximate surface area is 119 Å². The largest absolute Gasteiger partial charge is 0.481 e. The summed E-state index contributed by atoms with van der Waals surface area (Å²) in [5.41, 5.74) is 0. The molecule has 7 heteroatoms. The topological polar surface area (TPSA) is 91.8 Å². The van der Waals surface area contributed by atoms with E-state index in [1.807, 2.05) is 0 Å². The molecule has 2 rings (SSSR count). The molecule has 2 fully saturated rings. The molecular weight excluding hydrogens is 282 g/mol. The van der Waals surface area contributed by atoms with Crippen molar-refractivity contribution in [3.05, 3.63) is 0 Å². The number of carboxylic acids is 1. The molecule has 1 amide bonds. The van der Waals surface area contributed by atoms with E-state index in [1.165, 1.54) is 0 Å². The first kappa shape index (κ1) is 15.3. The van der Waals surface area contributed by atoms with Gasteiger partial charge in [-0.25, -0.2) is 8.42 Å². The molecule has 6 nitrogen and oxygen atoms in total. The minimum atomic E-state index is -3.16. The molecule has 0 bridgehead atoms. The standard InChI is InChI=1S/C13H21NO5S/c1-8(7-20(2,18)19)14(9-3-4-9)12(15)10-5-6-11(10)13(16)17/h8-11H,3-7H2,1-2H3,(H,16,17). The first-order valence-electron chi connectivity index (χ1n) is 6.93. The van der Waals surface area contributed by atoms with Crippen molar-refractivity contribution in [1.82, 2.24) is 4.90 Å². The third kappa shape index (κ3) is 3.31. The number of aliphatic carboxylic acids is 1. The van der Waals surface area contributed by atoms with Crippen LogP contribution in [0.15, 0.2) is 0 Å². The van der Waals surface area contributed by atoms with E-state index in [-0.39, 0.29) is 23.7 Å². The SMILES string of the molecule is CC(CS(C)(=O)=O)N(C(=O)C1CCC1C(=O)O)C1CC1. The lowest BCUT2D eigenvalue weighted by Crippen LogP contribution is -2.51. The van der Waals surface area contributed by atoms with Gasteiger partial charge in [-0.2, -0.15) is 0 Å². The zero-order chi connectivity index (χ0) is 15.1. The predicted molar refractivity (Wildman–Crippen MR) is 72.9 cm³/mol. The molecule has 0 aromatic rings. The monoisotopic (exact) mass is 303 g/mol. The van der Waals surface area contributed by atoms with Crippen LogP contribution < -0.4 is 0 Å². The van der Waals surface area contributed by atoms with Crippen molar-refractivity contribution in [3.63, 3.8) is 0 Å². The quantitative estimate of drug-likeness (QED) is 0.772. The number of carbonyl (C=O) groups excluding carboxylic acids is 1. The molecule has 0 saturated heterocycles. The van der Waals surface area contributed by atoms with Gasteiger partial charge in [-0.3, -0.25) is 9.59 Å². The average Bonchev–Trinajstić information content (AvgIpc) is 2.95. The molecule has 1 N–H and O–H groups in total. The molecule has 0 spiro atoms. The lowest BCUT2D eigenvalue weighted by Gasteiger charge is -2.39. The van der Waals surface area contributed by atoms with Crippen molar-refractivity contribution in [1.29, 1.82) is 0 Å². The van der Waals surface area contributed by atoms with E-state index in [0.29, 0.717) is 12.8 Å². The van der Waals surface area contributed by atoms with Crippen LogP contribution in [0.5, 0.6) is 0 Å². The van der Waals surface area contributed by atoms with Crippen molar-refractivity contribution >= 4 is 21.7 Å². The number of carboxylic acid groups (broad SMARTS) is 1. The van der Waals surface area contributed by atoms with Gasteiger partial charge in [0.05, 0.1) is 17.6 Å². The zero-order valence-electron chi connectivity index (χ0n) is 11.8. The second-order valence-corrected chi connectivity index (χ2v) is 8.23. The highest BCUT2D eigenvalue weighted by Gasteiger charge is 2.47. The molecule has 2 aliphatic rings. The lowest BCUT2D eigenvalue weighted by molar-refractivity contribution is -0.157. The fourth-order valence-corrected chi connectivity index (χ4v) is 3.95. The van der Waals surface area contributed by atoms with Crippen LogP contribution in [-0.4, -0.2) is 54.4 Å². The summed E-state index contributed by atoms with van der Waals surface area (Å²) in [6.45, 7) is 1.73. The summed E-state index contributed by atoms with van der Waals surface area (Å²) < 4.78 is 22.8. The Morgan fingerprint density at radius 2 is 1.75 bits per heavy atom. The summed E-state index contributed by atoms with van der Waals surface area (Å²) >= 11 is 0. The normalized spacial score (nSPS) is 27.5. The molecule has 114 valence electrons. The van der Waals surface area contributed by atoms with Gasteiger partial charge in [-0.15, -0.1) is 0 Å². The summed E-state index contributed by atoms with van der Waals surface area (Å²) in [4.78, 5) is 25.2. The van der Waals surface area contributed by atoms with Gasteiger partial charge in [0.2, 0.25) is 5.91 Å². The van der Waals surface area contributed by atoms with E-state index < -0.39 is 27.6 Å². The van der Waals surface area contributed by atoms with E-state index in [0.717, 1.165) is 19.1 Å². The first-order chi connectivity index (χ1) is 9.20. The maximum atomic E-state index is 12.5. The van der Waals surface area contributed by atoms with Crippen molar-refractivity contribution in [2.24, 2.45) is 11.8 Å². The fourth-order valence-electron chi connectivity index (χ4n) is 2.91. The highest BCUT2D eigenvalue weighted by atomic mass is 32.2. The number of rotatable bonds is 6. The van der Waals surface area contributed by atoms with Gasteiger partial charge in [0.25, 0.3) is 0 Å². The number of hydrogen-bond donors (Lipinski definition) is 1. The van der Waals surface area contributed by atoms with Crippen LogP contribution in [-0.2, 0) is 19.4 Å². The summed E-state index contributed by atoms with van der Waals surface area (Å²) in [5.74, 6) is -2.26. The molecule has 2 aliphatic carbocycles. The van der Waals surface area contributed by atoms with Gasteiger partial charge in [-0.1, -0.05) is 0 Å². The average molecular weight is 303 g/mol. The zero-order valence-corrected chi connectivity index (χ0v) is 12.6. The molecule has 0 heterocycles. The first-order valence-corrected chi connectivity index (χ1v) is 8.99. The van der Waals surface area contributed by atoms with Crippen LogP contribution in [0.2, 0.25) is 0 Å². The number of nitrogens with zero attached hydrogens (tertiary/aromatic N) is 1. The van der Waals surface area contributed by atoms with E-state index in [1.54, 1.807) is 11.8 Å². The Hall–Kier alpha value is -1.11. The van der Waals surface area contributed by atoms with Gasteiger partial charge >= 0.3 is 5.97 Å². The van der Waals surface area contributed by atoms with Crippen molar-refractivity contribution in [2.75, 3.05) is 12.0 Å². The van der Waals surface area contributed by atoms with Gasteiger partial charge in [-0.05, 0) is 32.6 Å². The Morgan fingerprint density at radius 1 is 1.20 bits per heavy atom. The smallest absolute Gasteiger partial charge is 0.307 e. The van der Waals surface area contributed by atoms with Crippen LogP contribution in [0, 0.1) is 11.8 Å². The second-order valence-electron chi connectivity index (χ2n) is 6.05. The van der Waals surface area contributed by atoms with Gasteiger partial charge in [0.1, 0.15) is 9.84 Å². The molecule has 0 radical (unpaired) electrons. The summed E-state index contributed by atoms with van der Waals surface area (Å²) in [5, 5.41) is 9.05. The summed E-state index contributed by atoms with van der Waals surface area (Å²) in [7, 11) is -3.16. The van der Waals surface area contributed by atoms with E-state index >= 15 is 0 Å². The number of amides is 1. The summed E-state index contributed by atoms with van der Waals surface area (Å²) in [6.07, 6.45) is 4.03. The van der Waals surface area contributed by atoms with Crippen molar-refractivity contribution in [3.8, 4) is 0 Å². The minimum Gasteiger partial charge on any atom is -0.481 e. The lowest BCUT2D eigenvalue weighted by atomic mass is 9.72.